The SMILES string of the molecule is Cc1ccc(-c2cc(C(=O)NC(C)c3cc[nH]c(=O)c3)cc(-n3nnnc3C(C)C)c2)nc1. The standard InChI is InChI=1S/C24H25N7O2/c1-14(2)23-28-29-30-31(23)20-10-18(21-6-5-15(3)13-26-21)9-19(11-20)24(33)27-16(4)17-7-8-25-22(32)12-17/h5-14,16H,1-4H3,(H,25,32)(H,27,33). The van der Waals surface area contributed by atoms with Crippen molar-refractivity contribution in [1.29, 1.82) is 0 Å². The number of hydrogen-bond donors (Lipinski definition) is 2. The highest BCUT2D eigenvalue weighted by atomic mass is 16.1. The molecule has 1 amide bonds. The van der Waals surface area contributed by atoms with E-state index < -0.39 is 0 Å². The van der Waals surface area contributed by atoms with Crippen molar-refractivity contribution in [2.24, 2.45) is 0 Å². The lowest BCUT2D eigenvalue weighted by Crippen LogP contribution is -2.27. The number of carbonyl (C=O) groups is 1. The molecular weight excluding hydrogens is 418 g/mol. The van der Waals surface area contributed by atoms with Gasteiger partial charge in [-0.05, 0) is 65.7 Å². The minimum Gasteiger partial charge on any atom is -0.346 e. The summed E-state index contributed by atoms with van der Waals surface area (Å²) in [5.74, 6) is 0.499. The maximum Gasteiger partial charge on any atom is 0.251 e. The van der Waals surface area contributed by atoms with E-state index >= 15 is 0 Å². The van der Waals surface area contributed by atoms with E-state index in [9.17, 15) is 9.59 Å². The molecule has 3 heterocycles. The number of benzene rings is 1. The highest BCUT2D eigenvalue weighted by molar-refractivity contribution is 5.96. The fourth-order valence-electron chi connectivity index (χ4n) is 3.48. The van der Waals surface area contributed by atoms with Crippen molar-refractivity contribution in [3.63, 3.8) is 0 Å². The minimum absolute atomic E-state index is 0.0922. The summed E-state index contributed by atoms with van der Waals surface area (Å²) in [4.78, 5) is 32.0. The zero-order valence-electron chi connectivity index (χ0n) is 18.9. The number of pyridine rings is 2. The fraction of sp³-hybridized carbons (Fsp3) is 0.250. The number of aromatic nitrogens is 6. The quantitative estimate of drug-likeness (QED) is 0.472. The van der Waals surface area contributed by atoms with Crippen molar-refractivity contribution in [3.05, 3.63) is 87.7 Å². The molecule has 0 radical (unpaired) electrons. The Morgan fingerprint density at radius 1 is 1.09 bits per heavy atom. The first kappa shape index (κ1) is 22.1. The molecule has 1 atom stereocenters. The average molecular weight is 444 g/mol. The van der Waals surface area contributed by atoms with Gasteiger partial charge in [0.05, 0.1) is 17.4 Å². The molecule has 9 nitrogen and oxygen atoms in total. The molecule has 4 rings (SSSR count). The van der Waals surface area contributed by atoms with Gasteiger partial charge in [-0.15, -0.1) is 5.10 Å². The van der Waals surface area contributed by atoms with Crippen LogP contribution in [-0.2, 0) is 0 Å². The number of carbonyl (C=O) groups excluding carboxylic acids is 1. The van der Waals surface area contributed by atoms with Crippen LogP contribution >= 0.6 is 0 Å². The molecule has 3 aromatic heterocycles. The van der Waals surface area contributed by atoms with Gasteiger partial charge in [-0.2, -0.15) is 4.68 Å². The van der Waals surface area contributed by atoms with Gasteiger partial charge in [0.2, 0.25) is 5.56 Å². The summed E-state index contributed by atoms with van der Waals surface area (Å²) >= 11 is 0. The van der Waals surface area contributed by atoms with Gasteiger partial charge in [0.1, 0.15) is 0 Å². The lowest BCUT2D eigenvalue weighted by atomic mass is 10.0. The summed E-state index contributed by atoms with van der Waals surface area (Å²) in [7, 11) is 0. The van der Waals surface area contributed by atoms with Crippen molar-refractivity contribution < 1.29 is 4.79 Å². The highest BCUT2D eigenvalue weighted by Crippen LogP contribution is 2.25. The van der Waals surface area contributed by atoms with E-state index in [0.717, 1.165) is 16.8 Å². The lowest BCUT2D eigenvalue weighted by molar-refractivity contribution is 0.0940. The first-order valence-electron chi connectivity index (χ1n) is 10.7. The molecule has 0 aliphatic heterocycles. The van der Waals surface area contributed by atoms with Crippen molar-refractivity contribution in [2.45, 2.75) is 39.7 Å². The van der Waals surface area contributed by atoms with Crippen molar-refractivity contribution in [1.82, 2.24) is 35.5 Å². The van der Waals surface area contributed by atoms with Crippen molar-refractivity contribution >= 4 is 5.91 Å². The molecule has 0 spiro atoms. The molecule has 33 heavy (non-hydrogen) atoms. The summed E-state index contributed by atoms with van der Waals surface area (Å²) in [6, 6.07) is 12.2. The normalized spacial score (nSPS) is 12.0. The molecule has 9 heteroatoms. The summed E-state index contributed by atoms with van der Waals surface area (Å²) in [5, 5.41) is 15.1. The van der Waals surface area contributed by atoms with Crippen LogP contribution in [0.5, 0.6) is 0 Å². The topological polar surface area (TPSA) is 118 Å². The zero-order valence-corrected chi connectivity index (χ0v) is 18.9. The Morgan fingerprint density at radius 2 is 1.91 bits per heavy atom. The fourth-order valence-corrected chi connectivity index (χ4v) is 3.48. The smallest absolute Gasteiger partial charge is 0.251 e. The summed E-state index contributed by atoms with van der Waals surface area (Å²) in [5.41, 5.74) is 4.14. The molecule has 2 N–H and O–H groups in total. The maximum atomic E-state index is 13.2. The Morgan fingerprint density at radius 3 is 2.61 bits per heavy atom. The van der Waals surface area contributed by atoms with Crippen LogP contribution in [0.3, 0.4) is 0 Å². The van der Waals surface area contributed by atoms with Gasteiger partial charge in [0, 0.05) is 35.5 Å². The average Bonchev–Trinajstić information content (AvgIpc) is 3.30. The molecule has 4 aromatic rings. The zero-order chi connectivity index (χ0) is 23.5. The third kappa shape index (κ3) is 4.87. The van der Waals surface area contributed by atoms with Crippen LogP contribution in [0, 0.1) is 6.92 Å². The highest BCUT2D eigenvalue weighted by Gasteiger charge is 2.18. The molecule has 1 aromatic carbocycles. The molecule has 0 bridgehead atoms. The molecule has 1 unspecified atom stereocenters. The second-order valence-electron chi connectivity index (χ2n) is 8.27. The number of H-pyrrole nitrogens is 1. The Balaban J connectivity index is 1.75. The second-order valence-corrected chi connectivity index (χ2v) is 8.27. The summed E-state index contributed by atoms with van der Waals surface area (Å²) < 4.78 is 1.64. The van der Waals surface area contributed by atoms with Crippen LogP contribution < -0.4 is 10.9 Å². The number of hydrogen-bond acceptors (Lipinski definition) is 6. The molecule has 0 aliphatic carbocycles. The minimum atomic E-state index is -0.358. The number of nitrogens with one attached hydrogen (secondary N) is 2. The van der Waals surface area contributed by atoms with Crippen molar-refractivity contribution in [3.8, 4) is 16.9 Å². The molecule has 0 aliphatic rings. The first-order chi connectivity index (χ1) is 15.8. The van der Waals surface area contributed by atoms with Gasteiger partial charge in [-0.1, -0.05) is 19.9 Å². The predicted octanol–water partition coefficient (Wildman–Crippen LogP) is 3.34. The van der Waals surface area contributed by atoms with E-state index in [-0.39, 0.29) is 23.4 Å². The number of aromatic amines is 1. The van der Waals surface area contributed by atoms with E-state index in [1.807, 2.05) is 45.9 Å². The molecular formula is C24H25N7O2. The van der Waals surface area contributed by atoms with E-state index in [1.54, 1.807) is 35.3 Å². The Labute approximate surface area is 190 Å². The third-order valence-electron chi connectivity index (χ3n) is 5.29. The van der Waals surface area contributed by atoms with E-state index in [0.29, 0.717) is 22.6 Å². The van der Waals surface area contributed by atoms with Crippen LogP contribution in [0.4, 0.5) is 0 Å². The Hall–Kier alpha value is -4.14. The van der Waals surface area contributed by atoms with Gasteiger partial charge in [-0.3, -0.25) is 14.6 Å². The largest absolute Gasteiger partial charge is 0.346 e. The molecule has 0 saturated carbocycles. The number of tetrazole rings is 1. The van der Waals surface area contributed by atoms with E-state index in [2.05, 4.69) is 30.8 Å². The lowest BCUT2D eigenvalue weighted by Gasteiger charge is -2.16. The third-order valence-corrected chi connectivity index (χ3v) is 5.29. The van der Waals surface area contributed by atoms with Gasteiger partial charge in [0.25, 0.3) is 5.91 Å². The van der Waals surface area contributed by atoms with Gasteiger partial charge in [0.15, 0.2) is 5.82 Å². The van der Waals surface area contributed by atoms with E-state index in [4.69, 9.17) is 0 Å². The van der Waals surface area contributed by atoms with Gasteiger partial charge in [-0.25, -0.2) is 0 Å². The number of amides is 1. The number of rotatable bonds is 6. The Bertz CT molecular complexity index is 1340. The first-order valence-corrected chi connectivity index (χ1v) is 10.7. The molecule has 168 valence electrons. The van der Waals surface area contributed by atoms with Gasteiger partial charge >= 0.3 is 0 Å². The van der Waals surface area contributed by atoms with Crippen LogP contribution in [0.15, 0.2) is 59.7 Å². The van der Waals surface area contributed by atoms with Crippen LogP contribution in [0.1, 0.15) is 60.0 Å². The van der Waals surface area contributed by atoms with Crippen LogP contribution in [0.2, 0.25) is 0 Å². The summed E-state index contributed by atoms with van der Waals surface area (Å²) in [6.45, 7) is 7.81. The molecule has 0 saturated heterocycles. The summed E-state index contributed by atoms with van der Waals surface area (Å²) in [6.07, 6.45) is 3.35. The Kier molecular flexibility index (Phi) is 6.12. The second kappa shape index (κ2) is 9.15. The van der Waals surface area contributed by atoms with Crippen LogP contribution in [-0.4, -0.2) is 36.1 Å². The predicted molar refractivity (Wildman–Crippen MR) is 124 cm³/mol. The van der Waals surface area contributed by atoms with Gasteiger partial charge < -0.3 is 10.3 Å². The molecule has 0 fully saturated rings. The van der Waals surface area contributed by atoms with Crippen LogP contribution in [0.25, 0.3) is 16.9 Å². The van der Waals surface area contributed by atoms with Crippen molar-refractivity contribution in [2.75, 3.05) is 0 Å². The monoisotopic (exact) mass is 443 g/mol. The maximum absolute atomic E-state index is 13.2. The number of aryl methyl sites for hydroxylation is 1. The van der Waals surface area contributed by atoms with E-state index in [1.165, 1.54) is 6.07 Å². The number of nitrogens with zero attached hydrogens (tertiary/aromatic N) is 5.